The zero-order chi connectivity index (χ0) is 15.0. The number of pyridine rings is 1. The summed E-state index contributed by atoms with van der Waals surface area (Å²) in [6, 6.07) is 16.9. The molecule has 2 aromatic heterocycles. The summed E-state index contributed by atoms with van der Waals surface area (Å²) in [6.45, 7) is 12.5. The Morgan fingerprint density at radius 1 is 0.952 bits per heavy atom. The summed E-state index contributed by atoms with van der Waals surface area (Å²) in [5.41, 5.74) is 8.02. The highest BCUT2D eigenvalue weighted by molar-refractivity contribution is 5.89. The lowest BCUT2D eigenvalue weighted by Gasteiger charge is -2.11. The number of hydrogen-bond donors (Lipinski definition) is 0. The minimum Gasteiger partial charge on any atom is -0.316 e. The maximum absolute atomic E-state index is 4.24. The van der Waals surface area contributed by atoms with Crippen LogP contribution in [0.1, 0.15) is 18.2 Å². The summed E-state index contributed by atoms with van der Waals surface area (Å²) < 4.78 is 2.19. The first-order valence-corrected chi connectivity index (χ1v) is 7.11. The average molecular weight is 273 g/mol. The first-order valence-electron chi connectivity index (χ1n) is 7.11. The summed E-state index contributed by atoms with van der Waals surface area (Å²) in [5, 5.41) is 0. The van der Waals surface area contributed by atoms with Gasteiger partial charge in [-0.2, -0.15) is 0 Å². The van der Waals surface area contributed by atoms with Crippen LogP contribution in [-0.2, 0) is 0 Å². The van der Waals surface area contributed by atoms with Gasteiger partial charge >= 0.3 is 0 Å². The molecule has 0 saturated heterocycles. The molecule has 1 heteroatoms. The number of aryl methyl sites for hydroxylation is 1. The average Bonchev–Trinajstić information content (AvgIpc) is 2.85. The molecular weight excluding hydrogens is 254 g/mol. The molecule has 0 N–H and O–H groups in total. The maximum atomic E-state index is 4.24. The van der Waals surface area contributed by atoms with Crippen molar-refractivity contribution in [3.8, 4) is 11.1 Å². The van der Waals surface area contributed by atoms with E-state index in [1.54, 1.807) is 0 Å². The number of rotatable bonds is 3. The molecule has 0 unspecified atom stereocenters. The van der Waals surface area contributed by atoms with E-state index in [1.165, 1.54) is 22.2 Å². The molecule has 0 fully saturated rings. The summed E-state index contributed by atoms with van der Waals surface area (Å²) in [4.78, 5) is 0. The molecule has 0 saturated carbocycles. The highest BCUT2D eigenvalue weighted by Gasteiger charge is 2.15. The second-order valence-electron chi connectivity index (χ2n) is 5.48. The SMILES string of the molecule is C=C(C)C(=C)c1c(-c2ccccc2C)cc2ccccn12. The van der Waals surface area contributed by atoms with E-state index in [9.17, 15) is 0 Å². The van der Waals surface area contributed by atoms with Gasteiger partial charge in [0.25, 0.3) is 0 Å². The molecule has 21 heavy (non-hydrogen) atoms. The van der Waals surface area contributed by atoms with Crippen molar-refractivity contribution in [3.63, 3.8) is 0 Å². The lowest BCUT2D eigenvalue weighted by Crippen LogP contribution is -1.94. The fraction of sp³-hybridized carbons (Fsp3) is 0.100. The number of benzene rings is 1. The monoisotopic (exact) mass is 273 g/mol. The van der Waals surface area contributed by atoms with Gasteiger partial charge in [0.1, 0.15) is 0 Å². The number of fused-ring (bicyclic) bond motifs is 1. The van der Waals surface area contributed by atoms with Crippen LogP contribution in [0, 0.1) is 6.92 Å². The van der Waals surface area contributed by atoms with Gasteiger partial charge in [-0.05, 0) is 54.3 Å². The second kappa shape index (κ2) is 5.10. The van der Waals surface area contributed by atoms with Gasteiger partial charge in [0, 0.05) is 17.3 Å². The van der Waals surface area contributed by atoms with E-state index >= 15 is 0 Å². The summed E-state index contributed by atoms with van der Waals surface area (Å²) in [5.74, 6) is 0. The Labute approximate surface area is 125 Å². The molecule has 3 rings (SSSR count). The highest BCUT2D eigenvalue weighted by atomic mass is 14.9. The number of aromatic nitrogens is 1. The maximum Gasteiger partial charge on any atom is 0.0603 e. The standard InChI is InChI=1S/C20H19N/c1-14(2)16(4)20-19(18-11-6-5-9-15(18)3)13-17-10-7-8-12-21(17)20/h5-13H,1,4H2,2-3H3. The Bertz CT molecular complexity index is 849. The quantitative estimate of drug-likeness (QED) is 0.555. The molecule has 0 radical (unpaired) electrons. The number of allylic oxidation sites excluding steroid dienone is 2. The van der Waals surface area contributed by atoms with Crippen molar-refractivity contribution >= 4 is 11.1 Å². The minimum atomic E-state index is 0.986. The topological polar surface area (TPSA) is 4.41 Å². The number of hydrogen-bond acceptors (Lipinski definition) is 0. The highest BCUT2D eigenvalue weighted by Crippen LogP contribution is 2.35. The number of nitrogens with zero attached hydrogens (tertiary/aromatic N) is 1. The van der Waals surface area contributed by atoms with Gasteiger partial charge in [0.05, 0.1) is 5.69 Å². The zero-order valence-electron chi connectivity index (χ0n) is 12.6. The van der Waals surface area contributed by atoms with Gasteiger partial charge in [-0.1, -0.05) is 43.5 Å². The van der Waals surface area contributed by atoms with Crippen LogP contribution in [0.2, 0.25) is 0 Å². The molecule has 0 aliphatic rings. The van der Waals surface area contributed by atoms with E-state index in [1.807, 2.05) is 13.0 Å². The van der Waals surface area contributed by atoms with Crippen LogP contribution in [0.4, 0.5) is 0 Å². The summed E-state index contributed by atoms with van der Waals surface area (Å²) in [6.07, 6.45) is 2.08. The zero-order valence-corrected chi connectivity index (χ0v) is 12.6. The lowest BCUT2D eigenvalue weighted by molar-refractivity contribution is 1.16. The predicted octanol–water partition coefficient (Wildman–Crippen LogP) is 5.50. The third-order valence-electron chi connectivity index (χ3n) is 3.92. The van der Waals surface area contributed by atoms with Gasteiger partial charge < -0.3 is 4.40 Å². The molecule has 1 nitrogen and oxygen atoms in total. The van der Waals surface area contributed by atoms with Crippen molar-refractivity contribution in [3.05, 3.63) is 84.7 Å². The molecule has 0 atom stereocenters. The normalized spacial score (nSPS) is 10.8. The largest absolute Gasteiger partial charge is 0.316 e. The molecule has 0 aliphatic carbocycles. The van der Waals surface area contributed by atoms with Crippen LogP contribution < -0.4 is 0 Å². The Morgan fingerprint density at radius 3 is 2.38 bits per heavy atom. The fourth-order valence-corrected chi connectivity index (χ4v) is 2.71. The predicted molar refractivity (Wildman–Crippen MR) is 91.4 cm³/mol. The van der Waals surface area contributed by atoms with Gasteiger partial charge in [-0.15, -0.1) is 0 Å². The second-order valence-corrected chi connectivity index (χ2v) is 5.48. The molecule has 0 spiro atoms. The van der Waals surface area contributed by atoms with E-state index in [0.29, 0.717) is 0 Å². The van der Waals surface area contributed by atoms with Crippen molar-refractivity contribution in [2.45, 2.75) is 13.8 Å². The Hall–Kier alpha value is -2.54. The molecule has 0 aliphatic heterocycles. The van der Waals surface area contributed by atoms with Gasteiger partial charge in [0.15, 0.2) is 0 Å². The molecule has 104 valence electrons. The minimum absolute atomic E-state index is 0.986. The third-order valence-corrected chi connectivity index (χ3v) is 3.92. The van der Waals surface area contributed by atoms with Crippen LogP contribution in [0.25, 0.3) is 22.2 Å². The van der Waals surface area contributed by atoms with Gasteiger partial charge in [-0.3, -0.25) is 0 Å². The molecule has 0 bridgehead atoms. The Kier molecular flexibility index (Phi) is 3.26. The van der Waals surface area contributed by atoms with Crippen molar-refractivity contribution in [2.24, 2.45) is 0 Å². The Morgan fingerprint density at radius 2 is 1.67 bits per heavy atom. The van der Waals surface area contributed by atoms with Gasteiger partial charge in [-0.25, -0.2) is 0 Å². The van der Waals surface area contributed by atoms with Crippen LogP contribution in [0.15, 0.2) is 73.5 Å². The van der Waals surface area contributed by atoms with Gasteiger partial charge in [0.2, 0.25) is 0 Å². The lowest BCUT2D eigenvalue weighted by atomic mass is 9.96. The summed E-state index contributed by atoms with van der Waals surface area (Å²) >= 11 is 0. The van der Waals surface area contributed by atoms with Crippen LogP contribution >= 0.6 is 0 Å². The van der Waals surface area contributed by atoms with Crippen molar-refractivity contribution in [1.82, 2.24) is 4.40 Å². The molecule has 3 aromatic rings. The van der Waals surface area contributed by atoms with Crippen molar-refractivity contribution in [2.75, 3.05) is 0 Å². The van der Waals surface area contributed by atoms with E-state index in [2.05, 4.69) is 73.1 Å². The van der Waals surface area contributed by atoms with Crippen LogP contribution in [0.3, 0.4) is 0 Å². The van der Waals surface area contributed by atoms with E-state index in [4.69, 9.17) is 0 Å². The Balaban J connectivity index is 2.37. The van der Waals surface area contributed by atoms with Crippen LogP contribution in [0.5, 0.6) is 0 Å². The van der Waals surface area contributed by atoms with Crippen molar-refractivity contribution < 1.29 is 0 Å². The molecule has 0 amide bonds. The summed E-state index contributed by atoms with van der Waals surface area (Å²) in [7, 11) is 0. The first-order chi connectivity index (χ1) is 10.1. The van der Waals surface area contributed by atoms with Crippen LogP contribution in [-0.4, -0.2) is 4.40 Å². The van der Waals surface area contributed by atoms with E-state index < -0.39 is 0 Å². The fourth-order valence-electron chi connectivity index (χ4n) is 2.71. The molecule has 1 aromatic carbocycles. The van der Waals surface area contributed by atoms with E-state index in [0.717, 1.165) is 16.8 Å². The molecule has 2 heterocycles. The smallest absolute Gasteiger partial charge is 0.0603 e. The third kappa shape index (κ3) is 2.21. The molecular formula is C20H19N. The van der Waals surface area contributed by atoms with E-state index in [-0.39, 0.29) is 0 Å². The van der Waals surface area contributed by atoms with Crippen molar-refractivity contribution in [1.29, 1.82) is 0 Å². The first kappa shape index (κ1) is 13.4.